The van der Waals surface area contributed by atoms with Crippen LogP contribution in [0.15, 0.2) is 12.2 Å². The van der Waals surface area contributed by atoms with Crippen molar-refractivity contribution in [1.29, 1.82) is 0 Å². The summed E-state index contributed by atoms with van der Waals surface area (Å²) in [5, 5.41) is 21.4. The van der Waals surface area contributed by atoms with E-state index in [0.717, 1.165) is 24.8 Å². The van der Waals surface area contributed by atoms with Crippen molar-refractivity contribution in [3.63, 3.8) is 0 Å². The van der Waals surface area contributed by atoms with Crippen LogP contribution in [-0.2, 0) is 9.47 Å². The quantitative estimate of drug-likeness (QED) is 0.616. The van der Waals surface area contributed by atoms with E-state index in [2.05, 4.69) is 20.4 Å². The Morgan fingerprint density at radius 2 is 2.15 bits per heavy atom. The maximum atomic E-state index is 11.3. The summed E-state index contributed by atoms with van der Waals surface area (Å²) in [6.07, 6.45) is 2.94. The van der Waals surface area contributed by atoms with Crippen molar-refractivity contribution in [2.75, 3.05) is 13.9 Å². The van der Waals surface area contributed by atoms with Gasteiger partial charge in [0, 0.05) is 12.5 Å². The van der Waals surface area contributed by atoms with E-state index in [-0.39, 0.29) is 18.3 Å². The molecule has 0 spiro atoms. The smallest absolute Gasteiger partial charge is 0.146 e. The van der Waals surface area contributed by atoms with Crippen molar-refractivity contribution in [3.8, 4) is 0 Å². The topological polar surface area (TPSA) is 58.9 Å². The standard InChI is InChI=1S/C16H28O4/c1-11-7-14(20-10-19-4)15(3)6-5-13(17)12(2)9-16(15,18)8-11/h11,13-14,17-18H,2,5-10H2,1,3-4H3/t11-,13+,14+,15-,16+/m0/s1. The minimum Gasteiger partial charge on any atom is -0.389 e. The number of aliphatic hydroxyl groups is 2. The summed E-state index contributed by atoms with van der Waals surface area (Å²) in [6, 6.07) is 0. The van der Waals surface area contributed by atoms with Gasteiger partial charge in [0.2, 0.25) is 0 Å². The average molecular weight is 284 g/mol. The summed E-state index contributed by atoms with van der Waals surface area (Å²) in [7, 11) is 1.61. The first-order chi connectivity index (χ1) is 9.32. The molecule has 0 radical (unpaired) electrons. The average Bonchev–Trinajstić information content (AvgIpc) is 2.45. The molecule has 0 unspecified atom stereocenters. The van der Waals surface area contributed by atoms with Gasteiger partial charge in [-0.1, -0.05) is 20.4 Å². The van der Waals surface area contributed by atoms with Crippen molar-refractivity contribution < 1.29 is 19.7 Å². The van der Waals surface area contributed by atoms with Gasteiger partial charge in [-0.15, -0.1) is 0 Å². The third-order valence-electron chi connectivity index (χ3n) is 5.39. The number of hydrogen-bond donors (Lipinski definition) is 2. The second-order valence-corrected chi connectivity index (χ2v) is 6.95. The molecule has 116 valence electrons. The van der Waals surface area contributed by atoms with Crippen molar-refractivity contribution in [2.24, 2.45) is 11.3 Å². The number of ether oxygens (including phenoxy) is 2. The lowest BCUT2D eigenvalue weighted by molar-refractivity contribution is -0.215. The zero-order valence-electron chi connectivity index (χ0n) is 12.9. The molecular formula is C16H28O4. The third kappa shape index (κ3) is 2.67. The van der Waals surface area contributed by atoms with E-state index in [9.17, 15) is 10.2 Å². The molecule has 0 aromatic carbocycles. The highest BCUT2D eigenvalue weighted by Gasteiger charge is 2.57. The predicted molar refractivity (Wildman–Crippen MR) is 77.2 cm³/mol. The number of rotatable bonds is 3. The van der Waals surface area contributed by atoms with Gasteiger partial charge < -0.3 is 19.7 Å². The number of aliphatic hydroxyl groups excluding tert-OH is 1. The lowest BCUT2D eigenvalue weighted by Gasteiger charge is -2.54. The van der Waals surface area contributed by atoms with Crippen LogP contribution >= 0.6 is 0 Å². The largest absolute Gasteiger partial charge is 0.389 e. The van der Waals surface area contributed by atoms with Gasteiger partial charge >= 0.3 is 0 Å². The molecule has 0 saturated heterocycles. The number of fused-ring (bicyclic) bond motifs is 1. The Labute approximate surface area is 121 Å². The minimum atomic E-state index is -0.850. The second-order valence-electron chi connectivity index (χ2n) is 6.95. The molecule has 2 saturated carbocycles. The van der Waals surface area contributed by atoms with Crippen LogP contribution in [0, 0.1) is 11.3 Å². The monoisotopic (exact) mass is 284 g/mol. The first-order valence-electron chi connectivity index (χ1n) is 7.51. The Morgan fingerprint density at radius 3 is 2.80 bits per heavy atom. The van der Waals surface area contributed by atoms with E-state index in [4.69, 9.17) is 9.47 Å². The maximum absolute atomic E-state index is 11.3. The fourth-order valence-corrected chi connectivity index (χ4v) is 4.02. The Balaban J connectivity index is 2.31. The Kier molecular flexibility index (Phi) is 4.59. The molecule has 0 amide bonds. The predicted octanol–water partition coefficient (Wildman–Crippen LogP) is 2.24. The summed E-state index contributed by atoms with van der Waals surface area (Å²) in [4.78, 5) is 0. The number of hydrogen-bond acceptors (Lipinski definition) is 4. The summed E-state index contributed by atoms with van der Waals surface area (Å²) in [6.45, 7) is 8.43. The van der Waals surface area contributed by atoms with E-state index in [0.29, 0.717) is 18.8 Å². The Morgan fingerprint density at radius 1 is 1.45 bits per heavy atom. The number of methoxy groups -OCH3 is 1. The first-order valence-corrected chi connectivity index (χ1v) is 7.51. The van der Waals surface area contributed by atoms with Crippen LogP contribution in [0.25, 0.3) is 0 Å². The van der Waals surface area contributed by atoms with Crippen LogP contribution in [0.2, 0.25) is 0 Å². The molecular weight excluding hydrogens is 256 g/mol. The van der Waals surface area contributed by atoms with Crippen molar-refractivity contribution >= 4 is 0 Å². The molecule has 0 heterocycles. The van der Waals surface area contributed by atoms with Gasteiger partial charge in [-0.25, -0.2) is 0 Å². The van der Waals surface area contributed by atoms with E-state index >= 15 is 0 Å². The fourth-order valence-electron chi connectivity index (χ4n) is 4.02. The molecule has 4 nitrogen and oxygen atoms in total. The van der Waals surface area contributed by atoms with E-state index in [1.165, 1.54) is 0 Å². The highest BCUT2D eigenvalue weighted by Crippen LogP contribution is 2.55. The molecule has 2 aliphatic carbocycles. The van der Waals surface area contributed by atoms with Crippen LogP contribution in [0.4, 0.5) is 0 Å². The lowest BCUT2D eigenvalue weighted by atomic mass is 9.57. The SMILES string of the molecule is C=C1C[C@]2(O)C[C@@H](C)C[C@@H](OCOC)[C@]2(C)CC[C@H]1O. The van der Waals surface area contributed by atoms with Crippen molar-refractivity contribution in [3.05, 3.63) is 12.2 Å². The van der Waals surface area contributed by atoms with Gasteiger partial charge in [0.25, 0.3) is 0 Å². The molecule has 0 bridgehead atoms. The molecule has 0 aliphatic heterocycles. The summed E-state index contributed by atoms with van der Waals surface area (Å²) < 4.78 is 10.9. The molecule has 0 aromatic rings. The molecule has 0 aromatic heterocycles. The van der Waals surface area contributed by atoms with Gasteiger partial charge in [0.05, 0.1) is 17.8 Å². The second kappa shape index (κ2) is 5.76. The molecule has 20 heavy (non-hydrogen) atoms. The lowest BCUT2D eigenvalue weighted by Crippen LogP contribution is -2.58. The van der Waals surface area contributed by atoms with Crippen LogP contribution in [0.1, 0.15) is 46.0 Å². The van der Waals surface area contributed by atoms with Crippen LogP contribution < -0.4 is 0 Å². The molecule has 2 rings (SSSR count). The van der Waals surface area contributed by atoms with Crippen LogP contribution in [0.5, 0.6) is 0 Å². The first kappa shape index (κ1) is 16.0. The normalized spacial score (nSPS) is 45.9. The highest BCUT2D eigenvalue weighted by molar-refractivity contribution is 5.17. The summed E-state index contributed by atoms with van der Waals surface area (Å²) >= 11 is 0. The van der Waals surface area contributed by atoms with E-state index in [1.54, 1.807) is 7.11 Å². The minimum absolute atomic E-state index is 0.0469. The Hall–Kier alpha value is -0.420. The van der Waals surface area contributed by atoms with Gasteiger partial charge in [0.15, 0.2) is 0 Å². The summed E-state index contributed by atoms with van der Waals surface area (Å²) in [5.74, 6) is 0.387. The molecule has 2 fully saturated rings. The van der Waals surface area contributed by atoms with Gasteiger partial charge in [-0.05, 0) is 43.6 Å². The zero-order chi connectivity index (χ0) is 15.0. The molecule has 2 aliphatic rings. The van der Waals surface area contributed by atoms with Crippen molar-refractivity contribution in [1.82, 2.24) is 0 Å². The van der Waals surface area contributed by atoms with Gasteiger partial charge in [-0.2, -0.15) is 0 Å². The van der Waals surface area contributed by atoms with E-state index < -0.39 is 11.7 Å². The maximum Gasteiger partial charge on any atom is 0.146 e. The molecule has 5 atom stereocenters. The molecule has 2 N–H and O–H groups in total. The van der Waals surface area contributed by atoms with Gasteiger partial charge in [0.1, 0.15) is 6.79 Å². The zero-order valence-corrected chi connectivity index (χ0v) is 12.9. The van der Waals surface area contributed by atoms with Crippen LogP contribution in [-0.4, -0.2) is 41.9 Å². The molecule has 4 heteroatoms. The highest BCUT2D eigenvalue weighted by atomic mass is 16.7. The van der Waals surface area contributed by atoms with Crippen molar-refractivity contribution in [2.45, 2.75) is 63.8 Å². The van der Waals surface area contributed by atoms with Gasteiger partial charge in [-0.3, -0.25) is 0 Å². The third-order valence-corrected chi connectivity index (χ3v) is 5.39. The summed E-state index contributed by atoms with van der Waals surface area (Å²) in [5.41, 5.74) is -0.466. The Bertz CT molecular complexity index is 369. The fraction of sp³-hybridized carbons (Fsp3) is 0.875. The van der Waals surface area contributed by atoms with Crippen LogP contribution in [0.3, 0.4) is 0 Å². The van der Waals surface area contributed by atoms with E-state index in [1.807, 2.05) is 0 Å².